The molecule has 0 aromatic heterocycles. The summed E-state index contributed by atoms with van der Waals surface area (Å²) < 4.78 is 10.2. The Morgan fingerprint density at radius 1 is 0.950 bits per heavy atom. The van der Waals surface area contributed by atoms with Crippen molar-refractivity contribution in [3.8, 4) is 0 Å². The first-order valence-corrected chi connectivity index (χ1v) is 6.24. The van der Waals surface area contributed by atoms with E-state index in [4.69, 9.17) is 9.47 Å². The molecular formula is C17H16O3. The number of ether oxygens (including phenoxy) is 2. The van der Waals surface area contributed by atoms with E-state index < -0.39 is 0 Å². The lowest BCUT2D eigenvalue weighted by Gasteiger charge is -2.13. The molecular weight excluding hydrogens is 252 g/mol. The lowest BCUT2D eigenvalue weighted by Crippen LogP contribution is -2.09. The summed E-state index contributed by atoms with van der Waals surface area (Å²) in [6.07, 6.45) is 8.89. The van der Waals surface area contributed by atoms with Crippen LogP contribution in [-0.2, 0) is 14.3 Å². The molecule has 0 heterocycles. The van der Waals surface area contributed by atoms with Gasteiger partial charge in [0.1, 0.15) is 5.76 Å². The second-order valence-electron chi connectivity index (χ2n) is 4.18. The van der Waals surface area contributed by atoms with E-state index in [1.807, 2.05) is 48.6 Å². The summed E-state index contributed by atoms with van der Waals surface area (Å²) in [5, 5.41) is 0. The van der Waals surface area contributed by atoms with Crippen molar-refractivity contribution in [1.29, 1.82) is 0 Å². The van der Waals surface area contributed by atoms with Crippen molar-refractivity contribution in [2.45, 2.75) is 0 Å². The maximum absolute atomic E-state index is 11.6. The molecule has 1 aliphatic carbocycles. The number of hydrogen-bond donors (Lipinski definition) is 0. The molecule has 0 fully saturated rings. The third-order valence-corrected chi connectivity index (χ3v) is 2.88. The SMILES string of the molecule is COC1=CC(=CC=Cc2ccccc2)C(OC)=CC1=O. The number of benzene rings is 1. The van der Waals surface area contributed by atoms with Crippen LogP contribution in [0.5, 0.6) is 0 Å². The number of methoxy groups -OCH3 is 2. The van der Waals surface area contributed by atoms with E-state index in [1.165, 1.54) is 13.2 Å². The molecule has 0 saturated heterocycles. The molecule has 0 unspecified atom stereocenters. The van der Waals surface area contributed by atoms with Crippen LogP contribution >= 0.6 is 0 Å². The van der Waals surface area contributed by atoms with Gasteiger partial charge in [-0.25, -0.2) is 0 Å². The number of allylic oxidation sites excluding steroid dienone is 4. The minimum absolute atomic E-state index is 0.187. The molecule has 0 saturated carbocycles. The molecule has 0 amide bonds. The smallest absolute Gasteiger partial charge is 0.224 e. The summed E-state index contributed by atoms with van der Waals surface area (Å²) in [4.78, 5) is 11.6. The Morgan fingerprint density at radius 2 is 1.65 bits per heavy atom. The number of carbonyl (C=O) groups excluding carboxylic acids is 1. The Morgan fingerprint density at radius 3 is 2.30 bits per heavy atom. The highest BCUT2D eigenvalue weighted by Crippen LogP contribution is 2.21. The van der Waals surface area contributed by atoms with Crippen LogP contribution in [0.2, 0.25) is 0 Å². The van der Waals surface area contributed by atoms with Crippen molar-refractivity contribution in [1.82, 2.24) is 0 Å². The average molecular weight is 268 g/mol. The fraction of sp³-hybridized carbons (Fsp3) is 0.118. The van der Waals surface area contributed by atoms with Crippen molar-refractivity contribution in [3.05, 3.63) is 77.3 Å². The van der Waals surface area contributed by atoms with Gasteiger partial charge in [-0.1, -0.05) is 48.6 Å². The topological polar surface area (TPSA) is 35.5 Å². The van der Waals surface area contributed by atoms with Gasteiger partial charge >= 0.3 is 0 Å². The first kappa shape index (κ1) is 13.9. The van der Waals surface area contributed by atoms with Gasteiger partial charge in [-0.3, -0.25) is 4.79 Å². The van der Waals surface area contributed by atoms with Gasteiger partial charge in [0.2, 0.25) is 5.78 Å². The Balaban J connectivity index is 2.23. The second kappa shape index (κ2) is 6.57. The van der Waals surface area contributed by atoms with Crippen LogP contribution in [0.25, 0.3) is 6.08 Å². The Hall–Kier alpha value is -2.55. The average Bonchev–Trinajstić information content (AvgIpc) is 2.49. The van der Waals surface area contributed by atoms with E-state index in [2.05, 4.69) is 0 Å². The highest BCUT2D eigenvalue weighted by molar-refractivity contribution is 6.05. The van der Waals surface area contributed by atoms with Crippen molar-refractivity contribution in [3.63, 3.8) is 0 Å². The van der Waals surface area contributed by atoms with Gasteiger partial charge in [0.05, 0.1) is 14.2 Å². The number of rotatable bonds is 4. The molecule has 0 atom stereocenters. The van der Waals surface area contributed by atoms with Gasteiger partial charge in [-0.2, -0.15) is 0 Å². The summed E-state index contributed by atoms with van der Waals surface area (Å²) in [6.45, 7) is 0. The van der Waals surface area contributed by atoms with Crippen molar-refractivity contribution in [2.75, 3.05) is 14.2 Å². The summed E-state index contributed by atoms with van der Waals surface area (Å²) in [7, 11) is 3.02. The quantitative estimate of drug-likeness (QED) is 0.840. The van der Waals surface area contributed by atoms with E-state index in [1.54, 1.807) is 13.2 Å². The molecule has 102 valence electrons. The van der Waals surface area contributed by atoms with Crippen molar-refractivity contribution >= 4 is 11.9 Å². The van der Waals surface area contributed by atoms with Gasteiger partial charge in [0.15, 0.2) is 5.76 Å². The van der Waals surface area contributed by atoms with Crippen LogP contribution < -0.4 is 0 Å². The summed E-state index contributed by atoms with van der Waals surface area (Å²) in [5.41, 5.74) is 1.91. The van der Waals surface area contributed by atoms with Crippen molar-refractivity contribution < 1.29 is 14.3 Å². The van der Waals surface area contributed by atoms with E-state index in [0.717, 1.165) is 11.1 Å². The maximum Gasteiger partial charge on any atom is 0.224 e. The largest absolute Gasteiger partial charge is 0.496 e. The zero-order valence-electron chi connectivity index (χ0n) is 11.5. The number of ketones is 1. The molecule has 20 heavy (non-hydrogen) atoms. The Bertz CT molecular complexity index is 604. The van der Waals surface area contributed by atoms with Gasteiger partial charge in [-0.05, 0) is 11.6 Å². The van der Waals surface area contributed by atoms with E-state index in [9.17, 15) is 4.79 Å². The Kier molecular flexibility index (Phi) is 4.56. The Labute approximate surface area is 118 Å². The van der Waals surface area contributed by atoms with Crippen molar-refractivity contribution in [2.24, 2.45) is 0 Å². The monoisotopic (exact) mass is 268 g/mol. The minimum Gasteiger partial charge on any atom is -0.496 e. The molecule has 1 aromatic carbocycles. The van der Waals surface area contributed by atoms with Gasteiger partial charge < -0.3 is 9.47 Å². The lowest BCUT2D eigenvalue weighted by atomic mass is 10.0. The first-order valence-electron chi connectivity index (χ1n) is 6.24. The van der Waals surface area contributed by atoms with Gasteiger partial charge in [-0.15, -0.1) is 0 Å². The fourth-order valence-electron chi connectivity index (χ4n) is 1.85. The molecule has 0 radical (unpaired) electrons. The van der Waals surface area contributed by atoms with Crippen LogP contribution in [0.3, 0.4) is 0 Å². The minimum atomic E-state index is -0.187. The fourth-order valence-corrected chi connectivity index (χ4v) is 1.85. The second-order valence-corrected chi connectivity index (χ2v) is 4.18. The predicted octanol–water partition coefficient (Wildman–Crippen LogP) is 3.27. The molecule has 3 nitrogen and oxygen atoms in total. The van der Waals surface area contributed by atoms with Crippen LogP contribution in [0, 0.1) is 0 Å². The normalized spacial score (nSPS) is 17.1. The number of hydrogen-bond acceptors (Lipinski definition) is 3. The van der Waals surface area contributed by atoms with Gasteiger partial charge in [0.25, 0.3) is 0 Å². The highest BCUT2D eigenvalue weighted by Gasteiger charge is 2.18. The lowest BCUT2D eigenvalue weighted by molar-refractivity contribution is -0.114. The molecule has 3 heteroatoms. The molecule has 0 N–H and O–H groups in total. The molecule has 0 bridgehead atoms. The summed E-state index contributed by atoms with van der Waals surface area (Å²) >= 11 is 0. The summed E-state index contributed by atoms with van der Waals surface area (Å²) in [6, 6.07) is 9.97. The maximum atomic E-state index is 11.6. The molecule has 1 aliphatic rings. The van der Waals surface area contributed by atoms with Crippen LogP contribution in [-0.4, -0.2) is 20.0 Å². The van der Waals surface area contributed by atoms with E-state index >= 15 is 0 Å². The summed E-state index contributed by atoms with van der Waals surface area (Å²) in [5.74, 6) is 0.659. The van der Waals surface area contributed by atoms with Crippen LogP contribution in [0.1, 0.15) is 5.56 Å². The molecule has 1 aromatic rings. The molecule has 2 rings (SSSR count). The standard InChI is InChI=1S/C17H16O3/c1-19-16-12-15(18)17(20-2)11-14(16)10-6-9-13-7-4-3-5-8-13/h3-12H,1-2H3. The zero-order chi connectivity index (χ0) is 14.4. The molecule has 0 spiro atoms. The van der Waals surface area contributed by atoms with E-state index in [-0.39, 0.29) is 5.78 Å². The molecule has 0 aliphatic heterocycles. The third-order valence-electron chi connectivity index (χ3n) is 2.88. The number of carbonyl (C=O) groups is 1. The van der Waals surface area contributed by atoms with E-state index in [0.29, 0.717) is 11.5 Å². The third kappa shape index (κ3) is 3.26. The van der Waals surface area contributed by atoms with Crippen LogP contribution in [0.15, 0.2) is 71.7 Å². The zero-order valence-corrected chi connectivity index (χ0v) is 11.5. The first-order chi connectivity index (χ1) is 9.74. The van der Waals surface area contributed by atoms with Gasteiger partial charge in [0, 0.05) is 11.6 Å². The van der Waals surface area contributed by atoms with Crippen LogP contribution in [0.4, 0.5) is 0 Å². The highest BCUT2D eigenvalue weighted by atomic mass is 16.5. The predicted molar refractivity (Wildman–Crippen MR) is 78.8 cm³/mol.